The fraction of sp³-hybridized carbons (Fsp3) is 0.0909. The molecule has 1 aliphatic rings. The van der Waals surface area contributed by atoms with Crippen molar-refractivity contribution in [3.05, 3.63) is 95.9 Å². The molecule has 6 heteroatoms. The highest BCUT2D eigenvalue weighted by Crippen LogP contribution is 2.41. The fourth-order valence-electron chi connectivity index (χ4n) is 3.70. The predicted molar refractivity (Wildman–Crippen MR) is 107 cm³/mol. The van der Waals surface area contributed by atoms with Crippen molar-refractivity contribution in [1.82, 2.24) is 14.9 Å². The van der Waals surface area contributed by atoms with E-state index >= 15 is 0 Å². The molecule has 6 nitrogen and oxygen atoms in total. The molecule has 1 aliphatic heterocycles. The Bertz CT molecular complexity index is 1140. The summed E-state index contributed by atoms with van der Waals surface area (Å²) in [5.74, 6) is 1.54. The molecular formula is C22H18N4O2. The molecule has 1 atom stereocenters. The Morgan fingerprint density at radius 3 is 2.57 bits per heavy atom. The average Bonchev–Trinajstić information content (AvgIpc) is 3.42. The Morgan fingerprint density at radius 1 is 1.04 bits per heavy atom. The van der Waals surface area contributed by atoms with Gasteiger partial charge in [0.1, 0.15) is 29.2 Å². The summed E-state index contributed by atoms with van der Waals surface area (Å²) in [6, 6.07) is 20.6. The van der Waals surface area contributed by atoms with Gasteiger partial charge in [0.25, 0.3) is 0 Å². The Labute approximate surface area is 161 Å². The second-order valence-corrected chi connectivity index (χ2v) is 6.73. The molecule has 0 amide bonds. The van der Waals surface area contributed by atoms with E-state index in [1.54, 1.807) is 6.26 Å². The lowest BCUT2D eigenvalue weighted by atomic mass is 10.0. The lowest BCUT2D eigenvalue weighted by Gasteiger charge is -2.26. The lowest BCUT2D eigenvalue weighted by molar-refractivity contribution is 0.256. The smallest absolute Gasteiger partial charge is 0.145 e. The molecule has 0 fully saturated rings. The van der Waals surface area contributed by atoms with Crippen LogP contribution in [0.2, 0.25) is 0 Å². The number of para-hydroxylation sites is 2. The summed E-state index contributed by atoms with van der Waals surface area (Å²) >= 11 is 0. The zero-order valence-electron chi connectivity index (χ0n) is 15.0. The number of nitrogens with one attached hydrogen (secondary N) is 2. The zero-order valence-corrected chi connectivity index (χ0v) is 15.0. The normalized spacial score (nSPS) is 17.1. The molecule has 28 heavy (non-hydrogen) atoms. The van der Waals surface area contributed by atoms with Crippen molar-refractivity contribution in [3.8, 4) is 0 Å². The maximum Gasteiger partial charge on any atom is 0.145 e. The van der Waals surface area contributed by atoms with Crippen LogP contribution in [0.1, 0.15) is 23.2 Å². The van der Waals surface area contributed by atoms with E-state index < -0.39 is 6.04 Å². The second kappa shape index (κ2) is 6.42. The van der Waals surface area contributed by atoms with Gasteiger partial charge in [-0.1, -0.05) is 42.5 Å². The molecule has 138 valence electrons. The van der Waals surface area contributed by atoms with Gasteiger partial charge in [0.05, 0.1) is 29.4 Å². The van der Waals surface area contributed by atoms with E-state index in [-0.39, 0.29) is 11.6 Å². The maximum absolute atomic E-state index is 11.2. The molecule has 0 saturated heterocycles. The molecule has 4 aromatic rings. The summed E-state index contributed by atoms with van der Waals surface area (Å²) in [6.07, 6.45) is 1.61. The van der Waals surface area contributed by atoms with Gasteiger partial charge in [0.15, 0.2) is 0 Å². The van der Waals surface area contributed by atoms with Gasteiger partial charge in [-0.3, -0.25) is 5.41 Å². The summed E-state index contributed by atoms with van der Waals surface area (Å²) in [4.78, 5) is 9.65. The van der Waals surface area contributed by atoms with Crippen molar-refractivity contribution in [1.29, 1.82) is 5.41 Å². The summed E-state index contributed by atoms with van der Waals surface area (Å²) in [7, 11) is 0. The van der Waals surface area contributed by atoms with Crippen LogP contribution in [0.25, 0.3) is 16.6 Å². The van der Waals surface area contributed by atoms with Crippen molar-refractivity contribution in [2.45, 2.75) is 12.6 Å². The van der Waals surface area contributed by atoms with Crippen molar-refractivity contribution in [2.75, 3.05) is 0 Å². The first-order valence-corrected chi connectivity index (χ1v) is 9.03. The molecule has 0 aliphatic carbocycles. The standard InChI is InChI=1S/C22H18N4O2/c23-21-18(22-24-16-10-4-5-11-17(16)25-22)20(27)19(14-7-2-1-3-8-14)26(21)13-15-9-6-12-28-15/h1-12,19,23,27H,13H2,(H,24,25)/t19-/m1/s1. The van der Waals surface area contributed by atoms with Crippen LogP contribution in [0.3, 0.4) is 0 Å². The van der Waals surface area contributed by atoms with Gasteiger partial charge in [-0.25, -0.2) is 4.98 Å². The number of furan rings is 1. The van der Waals surface area contributed by atoms with E-state index in [9.17, 15) is 5.11 Å². The Hall–Kier alpha value is -3.80. The molecule has 0 spiro atoms. The van der Waals surface area contributed by atoms with E-state index in [4.69, 9.17) is 9.83 Å². The van der Waals surface area contributed by atoms with Crippen LogP contribution < -0.4 is 0 Å². The molecule has 0 saturated carbocycles. The number of aromatic amines is 1. The molecule has 0 bridgehead atoms. The van der Waals surface area contributed by atoms with E-state index in [0.717, 1.165) is 22.4 Å². The van der Waals surface area contributed by atoms with Crippen LogP contribution in [0.5, 0.6) is 0 Å². The van der Waals surface area contributed by atoms with Gasteiger partial charge in [-0.05, 0) is 29.8 Å². The van der Waals surface area contributed by atoms with Crippen molar-refractivity contribution in [2.24, 2.45) is 0 Å². The average molecular weight is 370 g/mol. The lowest BCUT2D eigenvalue weighted by Crippen LogP contribution is -2.29. The molecular weight excluding hydrogens is 352 g/mol. The van der Waals surface area contributed by atoms with Gasteiger partial charge in [0.2, 0.25) is 0 Å². The molecule has 0 unspecified atom stereocenters. The van der Waals surface area contributed by atoms with Gasteiger partial charge in [-0.15, -0.1) is 0 Å². The zero-order chi connectivity index (χ0) is 19.1. The molecule has 2 aromatic carbocycles. The highest BCUT2D eigenvalue weighted by molar-refractivity contribution is 6.23. The van der Waals surface area contributed by atoms with Gasteiger partial charge >= 0.3 is 0 Å². The number of aromatic nitrogens is 2. The first-order chi connectivity index (χ1) is 13.7. The molecule has 2 aromatic heterocycles. The highest BCUT2D eigenvalue weighted by atomic mass is 16.3. The van der Waals surface area contributed by atoms with E-state index in [1.165, 1.54) is 0 Å². The molecule has 3 N–H and O–H groups in total. The van der Waals surface area contributed by atoms with Gasteiger partial charge < -0.3 is 19.4 Å². The fourth-order valence-corrected chi connectivity index (χ4v) is 3.70. The summed E-state index contributed by atoms with van der Waals surface area (Å²) in [6.45, 7) is 0.374. The minimum Gasteiger partial charge on any atom is -0.509 e. The topological polar surface area (TPSA) is 89.1 Å². The summed E-state index contributed by atoms with van der Waals surface area (Å²) in [5, 5.41) is 19.9. The number of nitrogens with zero attached hydrogens (tertiary/aromatic N) is 2. The summed E-state index contributed by atoms with van der Waals surface area (Å²) < 4.78 is 5.49. The van der Waals surface area contributed by atoms with Gasteiger partial charge in [-0.2, -0.15) is 0 Å². The van der Waals surface area contributed by atoms with E-state index in [1.807, 2.05) is 71.6 Å². The number of H-pyrrole nitrogens is 1. The van der Waals surface area contributed by atoms with Crippen LogP contribution in [-0.2, 0) is 6.54 Å². The first kappa shape index (κ1) is 16.4. The first-order valence-electron chi connectivity index (χ1n) is 9.03. The Morgan fingerprint density at radius 2 is 1.82 bits per heavy atom. The third kappa shape index (κ3) is 2.58. The number of rotatable bonds is 4. The maximum atomic E-state index is 11.2. The number of aliphatic hydroxyl groups excluding tert-OH is 1. The second-order valence-electron chi connectivity index (χ2n) is 6.73. The molecule has 3 heterocycles. The van der Waals surface area contributed by atoms with Crippen LogP contribution in [0, 0.1) is 5.41 Å². The number of imidazole rings is 1. The highest BCUT2D eigenvalue weighted by Gasteiger charge is 2.40. The van der Waals surface area contributed by atoms with Crippen molar-refractivity contribution < 1.29 is 9.52 Å². The van der Waals surface area contributed by atoms with Crippen LogP contribution in [0.15, 0.2) is 83.2 Å². The number of amidine groups is 1. The number of hydrogen-bond acceptors (Lipinski definition) is 4. The molecule has 0 radical (unpaired) electrons. The van der Waals surface area contributed by atoms with Crippen molar-refractivity contribution >= 4 is 22.4 Å². The Balaban J connectivity index is 1.63. The summed E-state index contributed by atoms with van der Waals surface area (Å²) in [5.41, 5.74) is 2.98. The number of fused-ring (bicyclic) bond motifs is 1. The third-order valence-corrected chi connectivity index (χ3v) is 5.00. The minimum atomic E-state index is -0.470. The van der Waals surface area contributed by atoms with Crippen LogP contribution >= 0.6 is 0 Å². The number of aliphatic hydroxyl groups is 1. The van der Waals surface area contributed by atoms with Gasteiger partial charge in [0, 0.05) is 0 Å². The van der Waals surface area contributed by atoms with E-state index in [2.05, 4.69) is 9.97 Å². The quantitative estimate of drug-likeness (QED) is 0.487. The monoisotopic (exact) mass is 370 g/mol. The number of hydrogen-bond donors (Lipinski definition) is 3. The van der Waals surface area contributed by atoms with E-state index in [0.29, 0.717) is 17.9 Å². The number of benzene rings is 2. The van der Waals surface area contributed by atoms with Crippen LogP contribution in [-0.4, -0.2) is 25.8 Å². The largest absolute Gasteiger partial charge is 0.509 e. The minimum absolute atomic E-state index is 0.113. The molecule has 5 rings (SSSR count). The third-order valence-electron chi connectivity index (χ3n) is 5.00. The van der Waals surface area contributed by atoms with Crippen LogP contribution in [0.4, 0.5) is 0 Å². The SMILES string of the molecule is N=C1C(c2nc3ccccc3[nH]2)=C(O)[C@@H](c2ccccc2)N1Cc1ccco1. The predicted octanol–water partition coefficient (Wildman–Crippen LogP) is 4.66. The Kier molecular flexibility index (Phi) is 3.76. The van der Waals surface area contributed by atoms with Crippen molar-refractivity contribution in [3.63, 3.8) is 0 Å².